The number of benzene rings is 1. The summed E-state index contributed by atoms with van der Waals surface area (Å²) in [4.78, 5) is 27.6. The molecule has 1 aromatic carbocycles. The lowest BCUT2D eigenvalue weighted by Crippen LogP contribution is -2.33. The van der Waals surface area contributed by atoms with E-state index in [1.54, 1.807) is 0 Å². The fraction of sp³-hybridized carbons (Fsp3) is 0.375. The van der Waals surface area contributed by atoms with Gasteiger partial charge in [0.1, 0.15) is 6.23 Å². The average molecular weight is 486 g/mol. The molecule has 2 heterocycles. The molecule has 0 unspecified atom stereocenters. The number of aryl methyl sites for hydroxylation is 1. The summed E-state index contributed by atoms with van der Waals surface area (Å²) in [6, 6.07) is 3.40. The van der Waals surface area contributed by atoms with E-state index in [9.17, 15) is 26.4 Å². The van der Waals surface area contributed by atoms with Crippen molar-refractivity contribution in [2.45, 2.75) is 41.5 Å². The number of hydrogen-bond acceptors (Lipinski definition) is 9. The molecule has 16 heteroatoms. The van der Waals surface area contributed by atoms with Crippen LogP contribution in [-0.2, 0) is 29.1 Å². The maximum atomic E-state index is 12.5. The van der Waals surface area contributed by atoms with Crippen molar-refractivity contribution in [1.82, 2.24) is 9.55 Å². The second-order valence-electron chi connectivity index (χ2n) is 6.87. The van der Waals surface area contributed by atoms with Crippen molar-refractivity contribution in [1.29, 1.82) is 0 Å². The molecule has 3 rings (SSSR count). The number of primary sulfonamides is 1. The Labute approximate surface area is 181 Å². The minimum absolute atomic E-state index is 0.0183. The van der Waals surface area contributed by atoms with E-state index < -0.39 is 66.2 Å². The molecule has 0 aliphatic carbocycles. The summed E-state index contributed by atoms with van der Waals surface area (Å²) >= 11 is 0. The first-order chi connectivity index (χ1) is 14.9. The van der Waals surface area contributed by atoms with Gasteiger partial charge in [-0.1, -0.05) is 11.2 Å². The number of rotatable bonds is 7. The maximum Gasteiger partial charge on any atom is 0.330 e. The summed E-state index contributed by atoms with van der Waals surface area (Å²) in [5.41, 5.74) is 7.73. The van der Waals surface area contributed by atoms with Crippen LogP contribution in [0.2, 0.25) is 0 Å². The number of aromatic nitrogens is 2. The van der Waals surface area contributed by atoms with Crippen LogP contribution in [0.5, 0.6) is 0 Å². The monoisotopic (exact) mass is 486 g/mol. The van der Waals surface area contributed by atoms with Gasteiger partial charge in [0.2, 0.25) is 10.0 Å². The number of nitrogens with two attached hydrogens (primary N) is 1. The standard InChI is InChI=1S/C16H18N6O8S2/c1-9-7-22(16(24)19-15(9)23)14-6-12(20-21-17)13(30-14)8-29-32(27,28)11-4-2-3-10(5-11)31(18,25)26/h2-5,7,12-14H,6,8H2,1H3,(H2,18,25,26)(H,19,23,24)/t12-,13+,14+/m0/s1. The first kappa shape index (κ1) is 23.6. The zero-order valence-electron chi connectivity index (χ0n) is 16.5. The Kier molecular flexibility index (Phi) is 6.54. The predicted molar refractivity (Wildman–Crippen MR) is 108 cm³/mol. The summed E-state index contributed by atoms with van der Waals surface area (Å²) in [7, 11) is -8.56. The largest absolute Gasteiger partial charge is 0.352 e. The molecule has 2 aromatic rings. The van der Waals surface area contributed by atoms with Crippen molar-refractivity contribution >= 4 is 20.1 Å². The Balaban J connectivity index is 1.82. The highest BCUT2D eigenvalue weighted by molar-refractivity contribution is 7.89. The Morgan fingerprint density at radius 1 is 1.31 bits per heavy atom. The summed E-state index contributed by atoms with van der Waals surface area (Å²) < 4.78 is 59.7. The van der Waals surface area contributed by atoms with Gasteiger partial charge >= 0.3 is 5.69 Å². The average Bonchev–Trinajstić information content (AvgIpc) is 3.11. The SMILES string of the molecule is Cc1cn([C@H]2C[C@H](N=[N+]=[N-])[C@@H](COS(=O)(=O)c3cccc(S(N)(=O)=O)c3)O2)c(=O)[nH]c1=O. The quantitative estimate of drug-likeness (QED) is 0.232. The van der Waals surface area contributed by atoms with E-state index in [1.807, 2.05) is 0 Å². The predicted octanol–water partition coefficient (Wildman–Crippen LogP) is -0.136. The molecule has 3 N–H and O–H groups in total. The lowest BCUT2D eigenvalue weighted by Gasteiger charge is -2.17. The highest BCUT2D eigenvalue weighted by Crippen LogP contribution is 2.31. The number of nitrogens with zero attached hydrogens (tertiary/aromatic N) is 4. The second kappa shape index (κ2) is 8.85. The topological polar surface area (TPSA) is 216 Å². The third-order valence-electron chi connectivity index (χ3n) is 4.67. The maximum absolute atomic E-state index is 12.5. The van der Waals surface area contributed by atoms with Gasteiger partial charge in [-0.25, -0.2) is 18.4 Å². The normalized spacial score (nSPS) is 21.2. The van der Waals surface area contributed by atoms with Crippen molar-refractivity contribution in [3.8, 4) is 0 Å². The van der Waals surface area contributed by atoms with E-state index in [-0.39, 0.29) is 12.0 Å². The number of azide groups is 1. The van der Waals surface area contributed by atoms with Gasteiger partial charge in [0.15, 0.2) is 0 Å². The molecule has 0 saturated carbocycles. The van der Waals surface area contributed by atoms with Gasteiger partial charge in [0, 0.05) is 23.1 Å². The lowest BCUT2D eigenvalue weighted by atomic mass is 10.1. The van der Waals surface area contributed by atoms with Crippen molar-refractivity contribution in [3.63, 3.8) is 0 Å². The van der Waals surface area contributed by atoms with Crippen molar-refractivity contribution in [3.05, 3.63) is 67.3 Å². The molecule has 0 spiro atoms. The third-order valence-corrected chi connectivity index (χ3v) is 6.86. The Morgan fingerprint density at radius 2 is 2.00 bits per heavy atom. The fourth-order valence-corrected chi connectivity index (χ4v) is 4.66. The molecule has 172 valence electrons. The summed E-state index contributed by atoms with van der Waals surface area (Å²) in [5.74, 6) is 0. The molecular weight excluding hydrogens is 468 g/mol. The van der Waals surface area contributed by atoms with Crippen LogP contribution in [-0.4, -0.2) is 45.1 Å². The van der Waals surface area contributed by atoms with Crippen LogP contribution in [0.15, 0.2) is 55.0 Å². The van der Waals surface area contributed by atoms with Crippen molar-refractivity contribution in [2.24, 2.45) is 10.3 Å². The molecule has 1 aliphatic heterocycles. The summed E-state index contributed by atoms with van der Waals surface area (Å²) in [5, 5.41) is 8.58. The zero-order valence-corrected chi connectivity index (χ0v) is 18.1. The van der Waals surface area contributed by atoms with Gasteiger partial charge in [-0.05, 0) is 30.7 Å². The molecule has 0 radical (unpaired) electrons. The molecule has 0 bridgehead atoms. The van der Waals surface area contributed by atoms with Crippen LogP contribution >= 0.6 is 0 Å². The van der Waals surface area contributed by atoms with Crippen LogP contribution in [0.3, 0.4) is 0 Å². The third kappa shape index (κ3) is 5.07. The summed E-state index contributed by atoms with van der Waals surface area (Å²) in [6.07, 6.45) is -0.705. The van der Waals surface area contributed by atoms with Crippen LogP contribution < -0.4 is 16.4 Å². The molecule has 1 aromatic heterocycles. The fourth-order valence-electron chi connectivity index (χ4n) is 3.06. The summed E-state index contributed by atoms with van der Waals surface area (Å²) in [6.45, 7) is 0.899. The first-order valence-electron chi connectivity index (χ1n) is 8.96. The van der Waals surface area contributed by atoms with Crippen molar-refractivity contribution < 1.29 is 25.8 Å². The molecule has 0 amide bonds. The van der Waals surface area contributed by atoms with Gasteiger partial charge in [0.05, 0.1) is 28.5 Å². The molecule has 1 fully saturated rings. The molecule has 3 atom stereocenters. The number of H-pyrrole nitrogens is 1. The number of ether oxygens (including phenoxy) is 1. The van der Waals surface area contributed by atoms with Crippen LogP contribution in [0, 0.1) is 6.92 Å². The van der Waals surface area contributed by atoms with Crippen LogP contribution in [0.4, 0.5) is 0 Å². The van der Waals surface area contributed by atoms with Crippen LogP contribution in [0.25, 0.3) is 10.4 Å². The highest BCUT2D eigenvalue weighted by Gasteiger charge is 2.37. The Morgan fingerprint density at radius 3 is 2.66 bits per heavy atom. The van der Waals surface area contributed by atoms with Crippen LogP contribution in [0.1, 0.15) is 18.2 Å². The lowest BCUT2D eigenvalue weighted by molar-refractivity contribution is -0.0214. The minimum atomic E-state index is -4.42. The number of aromatic amines is 1. The number of hydrogen-bond donors (Lipinski definition) is 2. The zero-order chi connectivity index (χ0) is 23.7. The van der Waals surface area contributed by atoms with Gasteiger partial charge in [-0.3, -0.25) is 18.5 Å². The van der Waals surface area contributed by atoms with E-state index in [4.69, 9.17) is 19.6 Å². The van der Waals surface area contributed by atoms with Gasteiger partial charge in [-0.2, -0.15) is 8.42 Å². The molecule has 1 saturated heterocycles. The van der Waals surface area contributed by atoms with Gasteiger partial charge in [-0.15, -0.1) is 0 Å². The molecule has 14 nitrogen and oxygen atoms in total. The minimum Gasteiger partial charge on any atom is -0.352 e. The molecule has 1 aliphatic rings. The van der Waals surface area contributed by atoms with Crippen molar-refractivity contribution in [2.75, 3.05) is 6.61 Å². The Bertz CT molecular complexity index is 1410. The highest BCUT2D eigenvalue weighted by atomic mass is 32.2. The second-order valence-corrected chi connectivity index (χ2v) is 10.1. The van der Waals surface area contributed by atoms with Gasteiger partial charge < -0.3 is 4.74 Å². The van der Waals surface area contributed by atoms with E-state index >= 15 is 0 Å². The Hall–Kier alpha value is -3.01. The molecule has 32 heavy (non-hydrogen) atoms. The first-order valence-corrected chi connectivity index (χ1v) is 11.9. The smallest absolute Gasteiger partial charge is 0.330 e. The number of nitrogens with one attached hydrogen (secondary N) is 1. The van der Waals surface area contributed by atoms with E-state index in [0.717, 1.165) is 22.8 Å². The number of sulfonamides is 1. The van der Waals surface area contributed by atoms with E-state index in [0.29, 0.717) is 0 Å². The van der Waals surface area contributed by atoms with E-state index in [2.05, 4.69) is 15.0 Å². The van der Waals surface area contributed by atoms with Gasteiger partial charge in [0.25, 0.3) is 15.7 Å². The van der Waals surface area contributed by atoms with E-state index in [1.165, 1.54) is 19.2 Å². The molecular formula is C16H18N6O8S2.